The van der Waals surface area contributed by atoms with E-state index >= 15 is 0 Å². The number of pyridine rings is 1. The number of nitrogens with zero attached hydrogens (tertiary/aromatic N) is 1. The van der Waals surface area contributed by atoms with Crippen LogP contribution in [0.3, 0.4) is 0 Å². The fraction of sp³-hybridized carbons (Fsp3) is 0.259. The molecule has 0 saturated carbocycles. The molecule has 1 N–H and O–H groups in total. The number of nitrogens with one attached hydrogen (secondary N) is 1. The van der Waals surface area contributed by atoms with Crippen molar-refractivity contribution in [3.63, 3.8) is 0 Å². The highest BCUT2D eigenvalue weighted by molar-refractivity contribution is 7.91. The van der Waals surface area contributed by atoms with Crippen LogP contribution in [0.5, 0.6) is 5.75 Å². The number of rotatable bonds is 10. The van der Waals surface area contributed by atoms with Gasteiger partial charge in [-0.05, 0) is 66.4 Å². The summed E-state index contributed by atoms with van der Waals surface area (Å²) in [4.78, 5) is 0.662. The Labute approximate surface area is 196 Å². The zero-order valence-corrected chi connectivity index (χ0v) is 19.9. The third-order valence-electron chi connectivity index (χ3n) is 5.63. The largest absolute Gasteiger partial charge is 0.494 e. The Balaban J connectivity index is 1.39. The van der Waals surface area contributed by atoms with Crippen LogP contribution in [-0.2, 0) is 16.4 Å². The van der Waals surface area contributed by atoms with Crippen molar-refractivity contribution in [2.75, 3.05) is 13.2 Å². The van der Waals surface area contributed by atoms with E-state index in [9.17, 15) is 8.42 Å². The topological polar surface area (TPSA) is 59.8 Å². The summed E-state index contributed by atoms with van der Waals surface area (Å²) in [5.74, 6) is 0.760. The van der Waals surface area contributed by atoms with E-state index in [0.717, 1.165) is 25.1 Å². The van der Waals surface area contributed by atoms with Crippen LogP contribution >= 0.6 is 0 Å². The quantitative estimate of drug-likeness (QED) is 0.318. The SMILES string of the molecule is CC(C)c1cn2ccccc2c1S(=O)(=O)c1ccc(OCCCNCc2ccccc2)cc1. The first-order valence-electron chi connectivity index (χ1n) is 11.3. The van der Waals surface area contributed by atoms with Gasteiger partial charge in [-0.15, -0.1) is 0 Å². The van der Waals surface area contributed by atoms with Crippen molar-refractivity contribution >= 4 is 15.4 Å². The fourth-order valence-electron chi connectivity index (χ4n) is 3.87. The lowest BCUT2D eigenvalue weighted by Gasteiger charge is -2.11. The molecule has 0 aliphatic rings. The lowest BCUT2D eigenvalue weighted by molar-refractivity contribution is 0.308. The maximum Gasteiger partial charge on any atom is 0.209 e. The molecule has 0 atom stereocenters. The van der Waals surface area contributed by atoms with Gasteiger partial charge in [0.15, 0.2) is 0 Å². The molecule has 2 aromatic heterocycles. The third-order valence-corrected chi connectivity index (χ3v) is 7.50. The number of sulfone groups is 1. The first kappa shape index (κ1) is 23.1. The van der Waals surface area contributed by atoms with E-state index in [2.05, 4.69) is 17.4 Å². The number of hydrogen-bond acceptors (Lipinski definition) is 4. The first-order valence-corrected chi connectivity index (χ1v) is 12.8. The smallest absolute Gasteiger partial charge is 0.209 e. The van der Waals surface area contributed by atoms with Gasteiger partial charge in [0.25, 0.3) is 0 Å². The van der Waals surface area contributed by atoms with Gasteiger partial charge in [0, 0.05) is 18.9 Å². The van der Waals surface area contributed by atoms with Gasteiger partial charge in [0.1, 0.15) is 10.6 Å². The normalized spacial score (nSPS) is 11.8. The second-order valence-electron chi connectivity index (χ2n) is 8.40. The van der Waals surface area contributed by atoms with Gasteiger partial charge in [-0.1, -0.05) is 50.2 Å². The lowest BCUT2D eigenvalue weighted by atomic mass is 10.1. The Morgan fingerprint density at radius 1 is 0.939 bits per heavy atom. The van der Waals surface area contributed by atoms with Crippen LogP contribution in [-0.4, -0.2) is 26.0 Å². The van der Waals surface area contributed by atoms with Crippen molar-refractivity contribution in [2.45, 2.75) is 42.5 Å². The summed E-state index contributed by atoms with van der Waals surface area (Å²) in [6.07, 6.45) is 4.66. The molecule has 0 spiro atoms. The number of hydrogen-bond donors (Lipinski definition) is 1. The molecule has 4 aromatic rings. The Morgan fingerprint density at radius 2 is 1.67 bits per heavy atom. The highest BCUT2D eigenvalue weighted by Crippen LogP contribution is 2.34. The van der Waals surface area contributed by atoms with Crippen LogP contribution in [0.25, 0.3) is 5.52 Å². The van der Waals surface area contributed by atoms with E-state index in [-0.39, 0.29) is 10.8 Å². The van der Waals surface area contributed by atoms with Crippen molar-refractivity contribution in [3.8, 4) is 5.75 Å². The summed E-state index contributed by atoms with van der Waals surface area (Å²) in [7, 11) is -3.66. The van der Waals surface area contributed by atoms with Crippen LogP contribution in [0.4, 0.5) is 0 Å². The van der Waals surface area contributed by atoms with Gasteiger partial charge in [0.05, 0.1) is 17.0 Å². The summed E-state index contributed by atoms with van der Waals surface area (Å²) >= 11 is 0. The summed E-state index contributed by atoms with van der Waals surface area (Å²) < 4.78 is 34.8. The molecule has 2 aromatic carbocycles. The number of ether oxygens (including phenoxy) is 1. The molecule has 2 heterocycles. The molecular formula is C27H30N2O3S. The molecule has 0 bridgehead atoms. The average molecular weight is 463 g/mol. The second kappa shape index (κ2) is 10.2. The monoisotopic (exact) mass is 462 g/mol. The molecule has 6 heteroatoms. The fourth-order valence-corrected chi connectivity index (χ4v) is 5.65. The molecule has 5 nitrogen and oxygen atoms in total. The summed E-state index contributed by atoms with van der Waals surface area (Å²) in [5, 5.41) is 3.40. The summed E-state index contributed by atoms with van der Waals surface area (Å²) in [5.41, 5.74) is 2.78. The molecule has 0 fully saturated rings. The minimum Gasteiger partial charge on any atom is -0.494 e. The number of fused-ring (bicyclic) bond motifs is 1. The molecule has 0 aliphatic heterocycles. The van der Waals surface area contributed by atoms with E-state index in [1.165, 1.54) is 5.56 Å². The van der Waals surface area contributed by atoms with Gasteiger partial charge < -0.3 is 14.5 Å². The number of aromatic nitrogens is 1. The van der Waals surface area contributed by atoms with Crippen molar-refractivity contribution in [1.82, 2.24) is 9.72 Å². The van der Waals surface area contributed by atoms with Crippen molar-refractivity contribution in [3.05, 3.63) is 96.3 Å². The average Bonchev–Trinajstić information content (AvgIpc) is 3.23. The third kappa shape index (κ3) is 5.29. The molecule has 33 heavy (non-hydrogen) atoms. The standard InChI is InChI=1S/C27H30N2O3S/c1-21(2)25-20-29-17-7-6-11-26(29)27(25)33(30,31)24-14-12-23(13-15-24)32-18-8-16-28-19-22-9-4-3-5-10-22/h3-7,9-15,17,20-21,28H,8,16,18-19H2,1-2H3. The molecule has 4 rings (SSSR count). The van der Waals surface area contributed by atoms with Crippen LogP contribution in [0.15, 0.2) is 95.0 Å². The van der Waals surface area contributed by atoms with Crippen molar-refractivity contribution < 1.29 is 13.2 Å². The van der Waals surface area contributed by atoms with E-state index in [1.807, 2.05) is 67.0 Å². The van der Waals surface area contributed by atoms with E-state index in [0.29, 0.717) is 22.8 Å². The van der Waals surface area contributed by atoms with Crippen molar-refractivity contribution in [1.29, 1.82) is 0 Å². The zero-order valence-electron chi connectivity index (χ0n) is 19.1. The number of benzene rings is 2. The van der Waals surface area contributed by atoms with Gasteiger partial charge in [-0.25, -0.2) is 8.42 Å². The molecular weight excluding hydrogens is 432 g/mol. The van der Waals surface area contributed by atoms with Gasteiger partial charge in [-0.3, -0.25) is 0 Å². The molecule has 0 unspecified atom stereocenters. The Hall–Kier alpha value is -3.09. The van der Waals surface area contributed by atoms with Crippen LogP contribution in [0, 0.1) is 0 Å². The summed E-state index contributed by atoms with van der Waals surface area (Å²) in [6, 6.07) is 22.6. The first-order chi connectivity index (χ1) is 16.0. The van der Waals surface area contributed by atoms with Gasteiger partial charge in [-0.2, -0.15) is 0 Å². The minimum absolute atomic E-state index is 0.0905. The van der Waals surface area contributed by atoms with E-state index < -0.39 is 9.84 Å². The summed E-state index contributed by atoms with van der Waals surface area (Å²) in [6.45, 7) is 6.27. The predicted molar refractivity (Wildman–Crippen MR) is 132 cm³/mol. The van der Waals surface area contributed by atoms with Crippen LogP contribution in [0.1, 0.15) is 37.3 Å². The highest BCUT2D eigenvalue weighted by Gasteiger charge is 2.27. The predicted octanol–water partition coefficient (Wildman–Crippen LogP) is 5.45. The minimum atomic E-state index is -3.66. The molecule has 0 amide bonds. The lowest BCUT2D eigenvalue weighted by Crippen LogP contribution is -2.16. The van der Waals surface area contributed by atoms with E-state index in [4.69, 9.17) is 4.74 Å². The van der Waals surface area contributed by atoms with Gasteiger partial charge >= 0.3 is 0 Å². The maximum atomic E-state index is 13.5. The second-order valence-corrected chi connectivity index (χ2v) is 10.3. The Kier molecular flexibility index (Phi) is 7.16. The Morgan fingerprint density at radius 3 is 2.39 bits per heavy atom. The van der Waals surface area contributed by atoms with Crippen molar-refractivity contribution in [2.24, 2.45) is 0 Å². The Bertz CT molecular complexity index is 1290. The van der Waals surface area contributed by atoms with Crippen LogP contribution in [0.2, 0.25) is 0 Å². The molecule has 0 aliphatic carbocycles. The maximum absolute atomic E-state index is 13.5. The highest BCUT2D eigenvalue weighted by atomic mass is 32.2. The van der Waals surface area contributed by atoms with E-state index in [1.54, 1.807) is 24.3 Å². The molecule has 0 radical (unpaired) electrons. The molecule has 172 valence electrons. The molecule has 0 saturated heterocycles. The van der Waals surface area contributed by atoms with Crippen LogP contribution < -0.4 is 10.1 Å². The zero-order chi connectivity index (χ0) is 23.3. The van der Waals surface area contributed by atoms with Gasteiger partial charge in [0.2, 0.25) is 9.84 Å².